The van der Waals surface area contributed by atoms with Crippen LogP contribution in [0.4, 0.5) is 5.69 Å². The summed E-state index contributed by atoms with van der Waals surface area (Å²) in [4.78, 5) is 57.5. The van der Waals surface area contributed by atoms with Gasteiger partial charge in [0.2, 0.25) is 11.8 Å². The average Bonchev–Trinajstić information content (AvgIpc) is 3.40. The maximum atomic E-state index is 14.1. The van der Waals surface area contributed by atoms with Gasteiger partial charge in [0.15, 0.2) is 5.78 Å². The normalized spacial score (nSPS) is 23.9. The van der Waals surface area contributed by atoms with Gasteiger partial charge >= 0.3 is 5.97 Å². The molecule has 8 heteroatoms. The topological polar surface area (TPSA) is 84.0 Å². The molecule has 0 aromatic heterocycles. The Morgan fingerprint density at radius 2 is 1.63 bits per heavy atom. The number of carbonyl (C=O) groups is 4. The fourth-order valence-corrected chi connectivity index (χ4v) is 6.09. The van der Waals surface area contributed by atoms with E-state index in [-0.39, 0.29) is 18.3 Å². The monoisotopic (exact) mass is 570 g/mol. The molecule has 0 saturated carbocycles. The summed E-state index contributed by atoms with van der Waals surface area (Å²) in [5.74, 6) is -3.31. The van der Waals surface area contributed by atoms with Crippen molar-refractivity contribution in [3.8, 4) is 0 Å². The first-order chi connectivity index (χ1) is 18.4. The summed E-state index contributed by atoms with van der Waals surface area (Å²) in [7, 11) is 0. The van der Waals surface area contributed by atoms with Crippen molar-refractivity contribution in [2.75, 3.05) is 11.5 Å². The molecule has 2 amide bonds. The molecule has 0 unspecified atom stereocenters. The Morgan fingerprint density at radius 1 is 0.921 bits per heavy atom. The second-order valence-electron chi connectivity index (χ2n) is 9.47. The first-order valence-corrected chi connectivity index (χ1v) is 13.2. The van der Waals surface area contributed by atoms with E-state index < -0.39 is 35.8 Å². The van der Waals surface area contributed by atoms with E-state index >= 15 is 0 Å². The Kier molecular flexibility index (Phi) is 5.99. The van der Waals surface area contributed by atoms with E-state index in [2.05, 4.69) is 15.9 Å². The van der Waals surface area contributed by atoms with Crippen LogP contribution in [0.15, 0.2) is 95.1 Å². The quantitative estimate of drug-likeness (QED) is 0.252. The van der Waals surface area contributed by atoms with Crippen LogP contribution in [0.25, 0.3) is 10.8 Å². The number of halogens is 1. The second kappa shape index (κ2) is 9.36. The lowest BCUT2D eigenvalue weighted by Gasteiger charge is -2.32. The summed E-state index contributed by atoms with van der Waals surface area (Å²) in [6.45, 7) is 1.93. The number of Topliss-reactive ketones (excluding diaryl/α,β-unsaturated/α-hetero) is 1. The van der Waals surface area contributed by atoms with Crippen LogP contribution >= 0.6 is 15.9 Å². The van der Waals surface area contributed by atoms with Crippen LogP contribution in [-0.2, 0) is 19.1 Å². The lowest BCUT2D eigenvalue weighted by Crippen LogP contribution is -2.46. The van der Waals surface area contributed by atoms with Crippen LogP contribution in [0.5, 0.6) is 0 Å². The Bertz CT molecular complexity index is 1560. The van der Waals surface area contributed by atoms with Crippen molar-refractivity contribution >= 4 is 56.0 Å². The van der Waals surface area contributed by atoms with Crippen LogP contribution in [0, 0.1) is 11.8 Å². The number of hydrogen-bond acceptors (Lipinski definition) is 6. The fraction of sp³-hybridized carbons (Fsp3) is 0.200. The molecular weight excluding hydrogens is 548 g/mol. The van der Waals surface area contributed by atoms with E-state index in [1.807, 2.05) is 36.4 Å². The van der Waals surface area contributed by atoms with Crippen molar-refractivity contribution in [1.82, 2.24) is 4.90 Å². The number of anilines is 1. The first kappa shape index (κ1) is 24.3. The highest BCUT2D eigenvalue weighted by Gasteiger charge is 2.63. The predicted molar refractivity (Wildman–Crippen MR) is 145 cm³/mol. The molecule has 3 aliphatic rings. The van der Waals surface area contributed by atoms with Crippen molar-refractivity contribution in [3.63, 3.8) is 0 Å². The summed E-state index contributed by atoms with van der Waals surface area (Å²) in [5, 5.41) is 1.67. The van der Waals surface area contributed by atoms with Gasteiger partial charge in [0.25, 0.3) is 0 Å². The van der Waals surface area contributed by atoms with E-state index in [0.29, 0.717) is 16.8 Å². The molecule has 3 aliphatic heterocycles. The number of ketones is 1. The second-order valence-corrected chi connectivity index (χ2v) is 10.4. The largest absolute Gasteiger partial charge is 0.462 e. The van der Waals surface area contributed by atoms with E-state index in [1.54, 1.807) is 60.5 Å². The molecule has 0 spiro atoms. The van der Waals surface area contributed by atoms with Crippen LogP contribution in [-0.4, -0.2) is 47.2 Å². The first-order valence-electron chi connectivity index (χ1n) is 12.4. The Hall–Kier alpha value is -4.04. The van der Waals surface area contributed by atoms with Gasteiger partial charge in [-0.1, -0.05) is 64.5 Å². The number of imide groups is 1. The predicted octanol–water partition coefficient (Wildman–Crippen LogP) is 4.66. The maximum absolute atomic E-state index is 14.1. The van der Waals surface area contributed by atoms with Crippen molar-refractivity contribution in [2.24, 2.45) is 11.8 Å². The van der Waals surface area contributed by atoms with Crippen LogP contribution in [0.3, 0.4) is 0 Å². The number of nitrogens with zero attached hydrogens (tertiary/aromatic N) is 2. The molecule has 3 aromatic carbocycles. The zero-order valence-electron chi connectivity index (χ0n) is 20.4. The van der Waals surface area contributed by atoms with Gasteiger partial charge in [-0.3, -0.25) is 14.4 Å². The molecule has 3 aromatic rings. The van der Waals surface area contributed by atoms with Gasteiger partial charge in [0.05, 0.1) is 35.7 Å². The van der Waals surface area contributed by atoms with Gasteiger partial charge in [-0.2, -0.15) is 0 Å². The van der Waals surface area contributed by atoms with E-state index in [0.717, 1.165) is 15.2 Å². The van der Waals surface area contributed by atoms with Gasteiger partial charge in [-0.15, -0.1) is 0 Å². The number of amides is 2. The molecule has 190 valence electrons. The molecular formula is C30H23BrN2O5. The van der Waals surface area contributed by atoms with Crippen LogP contribution in [0.2, 0.25) is 0 Å². The lowest BCUT2D eigenvalue weighted by molar-refractivity contribution is -0.138. The molecule has 0 N–H and O–H groups in total. The Morgan fingerprint density at radius 3 is 2.39 bits per heavy atom. The van der Waals surface area contributed by atoms with E-state index in [4.69, 9.17) is 4.74 Å². The molecule has 4 atom stereocenters. The third kappa shape index (κ3) is 3.70. The molecule has 2 fully saturated rings. The zero-order valence-corrected chi connectivity index (χ0v) is 22.0. The van der Waals surface area contributed by atoms with Gasteiger partial charge in [0.1, 0.15) is 6.04 Å². The SMILES string of the molecule is CCOC(=O)C1=C[C@@H]2[C@@H]3C(=O)N(c4cccc5ccccc45)C(=O)[C@H]3[C@@H](C(=O)c3ccc(Br)cc3)N2C=C1. The number of carbonyl (C=O) groups excluding carboxylic acids is 4. The third-order valence-corrected chi connectivity index (χ3v) is 7.99. The summed E-state index contributed by atoms with van der Waals surface area (Å²) in [6.07, 6.45) is 4.87. The average molecular weight is 571 g/mol. The number of fused-ring (bicyclic) bond motifs is 4. The summed E-state index contributed by atoms with van der Waals surface area (Å²) < 4.78 is 6.00. The minimum Gasteiger partial charge on any atom is -0.462 e. The zero-order chi connectivity index (χ0) is 26.6. The fourth-order valence-electron chi connectivity index (χ4n) is 5.82. The lowest BCUT2D eigenvalue weighted by atomic mass is 9.86. The van der Waals surface area contributed by atoms with Crippen LogP contribution in [0.1, 0.15) is 17.3 Å². The van der Waals surface area contributed by atoms with Gasteiger partial charge in [-0.25, -0.2) is 9.69 Å². The van der Waals surface area contributed by atoms with Gasteiger partial charge in [-0.05, 0) is 42.7 Å². The molecule has 0 radical (unpaired) electrons. The number of benzene rings is 3. The van der Waals surface area contributed by atoms with Crippen LogP contribution < -0.4 is 4.90 Å². The van der Waals surface area contributed by atoms with E-state index in [1.165, 1.54) is 4.90 Å². The highest BCUT2D eigenvalue weighted by Crippen LogP contribution is 2.48. The maximum Gasteiger partial charge on any atom is 0.337 e. The standard InChI is InChI=1S/C30H23BrN2O5/c1-2-38-30(37)19-14-15-32-23(16-19)24-25(26(32)27(34)18-10-12-20(31)13-11-18)29(36)33(28(24)35)22-9-5-7-17-6-3-4-8-21(17)22/h3-16,23-26H,2H2,1H3/t23-,24+,25-,26+/m1/s1. The van der Waals surface area contributed by atoms with Crippen molar-refractivity contribution in [3.05, 3.63) is 101 Å². The summed E-state index contributed by atoms with van der Waals surface area (Å²) >= 11 is 3.39. The van der Waals surface area contributed by atoms with Crippen molar-refractivity contribution in [1.29, 1.82) is 0 Å². The molecule has 6 rings (SSSR count). The smallest absolute Gasteiger partial charge is 0.337 e. The Labute approximate surface area is 227 Å². The van der Waals surface area contributed by atoms with E-state index in [9.17, 15) is 19.2 Å². The summed E-state index contributed by atoms with van der Waals surface area (Å²) in [6, 6.07) is 18.4. The number of esters is 1. The van der Waals surface area contributed by atoms with Crippen molar-refractivity contribution < 1.29 is 23.9 Å². The van der Waals surface area contributed by atoms with Crippen molar-refractivity contribution in [2.45, 2.75) is 19.0 Å². The molecule has 38 heavy (non-hydrogen) atoms. The third-order valence-electron chi connectivity index (χ3n) is 7.46. The minimum atomic E-state index is -0.912. The number of hydrogen-bond donors (Lipinski definition) is 0. The van der Waals surface area contributed by atoms with Gasteiger partial charge < -0.3 is 9.64 Å². The molecule has 7 nitrogen and oxygen atoms in total. The molecule has 0 bridgehead atoms. The molecule has 2 saturated heterocycles. The Balaban J connectivity index is 1.47. The molecule has 3 heterocycles. The minimum absolute atomic E-state index is 0.210. The van der Waals surface area contributed by atoms with Gasteiger partial charge in [0, 0.05) is 21.6 Å². The number of ether oxygens (including phenoxy) is 1. The highest BCUT2D eigenvalue weighted by atomic mass is 79.9. The molecule has 0 aliphatic carbocycles. The number of rotatable bonds is 5. The highest BCUT2D eigenvalue weighted by molar-refractivity contribution is 9.10. The summed E-state index contributed by atoms with van der Waals surface area (Å²) in [5.41, 5.74) is 1.23.